The minimum absolute atomic E-state index is 0.248. The number of likely N-dealkylation sites (tertiary alicyclic amines) is 2. The van der Waals surface area contributed by atoms with E-state index in [9.17, 15) is 9.90 Å². The van der Waals surface area contributed by atoms with Gasteiger partial charge >= 0.3 is 6.09 Å². The predicted molar refractivity (Wildman–Crippen MR) is 87.0 cm³/mol. The van der Waals surface area contributed by atoms with Gasteiger partial charge in [-0.05, 0) is 65.1 Å². The van der Waals surface area contributed by atoms with Crippen LogP contribution in [-0.4, -0.2) is 59.3 Å². The number of hydrogen-bond donors (Lipinski definition) is 1. The molecule has 0 saturated carbocycles. The molecule has 2 aliphatic heterocycles. The Bertz CT molecular complexity index is 410. The second-order valence-corrected chi connectivity index (χ2v) is 7.35. The zero-order chi connectivity index (χ0) is 16.2. The third-order valence-electron chi connectivity index (χ3n) is 4.25. The van der Waals surface area contributed by atoms with Crippen LogP contribution in [0.2, 0.25) is 0 Å². The van der Waals surface area contributed by atoms with E-state index >= 15 is 0 Å². The molecule has 0 aromatic rings. The van der Waals surface area contributed by atoms with Crippen molar-refractivity contribution in [2.75, 3.05) is 32.7 Å². The van der Waals surface area contributed by atoms with E-state index in [1.54, 1.807) is 4.90 Å². The zero-order valence-corrected chi connectivity index (χ0v) is 14.2. The first-order chi connectivity index (χ1) is 10.3. The van der Waals surface area contributed by atoms with Gasteiger partial charge in [-0.25, -0.2) is 4.79 Å². The Balaban J connectivity index is 1.82. The highest BCUT2D eigenvalue weighted by Crippen LogP contribution is 2.22. The maximum absolute atomic E-state index is 12.0. The van der Waals surface area contributed by atoms with E-state index in [-0.39, 0.29) is 6.09 Å². The van der Waals surface area contributed by atoms with Crippen molar-refractivity contribution in [2.24, 2.45) is 0 Å². The van der Waals surface area contributed by atoms with E-state index in [4.69, 9.17) is 4.74 Å². The lowest BCUT2D eigenvalue weighted by molar-refractivity contribution is 0.0233. The van der Waals surface area contributed by atoms with Crippen molar-refractivity contribution in [3.8, 4) is 0 Å². The largest absolute Gasteiger partial charge is 0.511 e. The minimum atomic E-state index is -0.455. The summed E-state index contributed by atoms with van der Waals surface area (Å²) in [5, 5.41) is 10.3. The molecule has 0 aliphatic carbocycles. The van der Waals surface area contributed by atoms with Gasteiger partial charge in [-0.2, -0.15) is 0 Å². The maximum atomic E-state index is 12.0. The average Bonchev–Trinajstić information content (AvgIpc) is 2.46. The molecule has 5 nitrogen and oxygen atoms in total. The fourth-order valence-corrected chi connectivity index (χ4v) is 3.02. The van der Waals surface area contributed by atoms with Gasteiger partial charge in [-0.15, -0.1) is 0 Å². The highest BCUT2D eigenvalue weighted by atomic mass is 16.6. The number of rotatable bonds is 2. The van der Waals surface area contributed by atoms with Gasteiger partial charge in [0.15, 0.2) is 0 Å². The molecule has 0 unspecified atom stereocenters. The average molecular weight is 310 g/mol. The van der Waals surface area contributed by atoms with Gasteiger partial charge in [0.1, 0.15) is 11.4 Å². The van der Waals surface area contributed by atoms with Gasteiger partial charge in [0.25, 0.3) is 0 Å². The molecule has 5 heteroatoms. The molecule has 1 N–H and O–H groups in total. The van der Waals surface area contributed by atoms with E-state index in [0.717, 1.165) is 31.5 Å². The van der Waals surface area contributed by atoms with Gasteiger partial charge < -0.3 is 14.7 Å². The van der Waals surface area contributed by atoms with Crippen LogP contribution in [0.25, 0.3) is 0 Å². The summed E-state index contributed by atoms with van der Waals surface area (Å²) in [5.41, 5.74) is 0.647. The quantitative estimate of drug-likeness (QED) is 0.795. The Hall–Kier alpha value is -1.23. The van der Waals surface area contributed by atoms with Crippen LogP contribution in [0, 0.1) is 0 Å². The molecule has 0 atom stereocenters. The van der Waals surface area contributed by atoms with Crippen LogP contribution in [-0.2, 0) is 4.74 Å². The molecular formula is C17H30N2O3. The van der Waals surface area contributed by atoms with E-state index in [1.165, 1.54) is 19.3 Å². The summed E-state index contributed by atoms with van der Waals surface area (Å²) in [5.74, 6) is 0.519. The molecule has 1 amide bonds. The summed E-state index contributed by atoms with van der Waals surface area (Å²) in [7, 11) is 0. The number of aliphatic hydroxyl groups excluding tert-OH is 1. The topological polar surface area (TPSA) is 53.0 Å². The molecule has 0 spiro atoms. The van der Waals surface area contributed by atoms with Gasteiger partial charge in [-0.3, -0.25) is 4.90 Å². The lowest BCUT2D eigenvalue weighted by Crippen LogP contribution is -2.40. The molecule has 2 fully saturated rings. The van der Waals surface area contributed by atoms with Crippen LogP contribution >= 0.6 is 0 Å². The third-order valence-corrected chi connectivity index (χ3v) is 4.25. The van der Waals surface area contributed by atoms with Crippen LogP contribution in [0.4, 0.5) is 4.79 Å². The number of nitrogens with zero attached hydrogens (tertiary/aromatic N) is 2. The van der Waals surface area contributed by atoms with Crippen molar-refractivity contribution < 1.29 is 14.6 Å². The van der Waals surface area contributed by atoms with Crippen molar-refractivity contribution in [3.05, 3.63) is 11.3 Å². The van der Waals surface area contributed by atoms with Gasteiger partial charge in [0.05, 0.1) is 6.54 Å². The molecule has 22 heavy (non-hydrogen) atoms. The highest BCUT2D eigenvalue weighted by molar-refractivity contribution is 5.68. The molecule has 2 rings (SSSR count). The molecule has 0 bridgehead atoms. The maximum Gasteiger partial charge on any atom is 0.410 e. The fourth-order valence-electron chi connectivity index (χ4n) is 3.02. The molecule has 2 saturated heterocycles. The van der Waals surface area contributed by atoms with E-state index in [0.29, 0.717) is 25.4 Å². The van der Waals surface area contributed by atoms with Crippen LogP contribution < -0.4 is 0 Å². The SMILES string of the molecule is CC(C)(C)OC(=O)N1CCC(=C(O)CN2CCCCC2)CC1. The van der Waals surface area contributed by atoms with Crippen LogP contribution in [0.5, 0.6) is 0 Å². The van der Waals surface area contributed by atoms with Gasteiger partial charge in [0, 0.05) is 13.1 Å². The second-order valence-electron chi connectivity index (χ2n) is 7.35. The normalized spacial score (nSPS) is 20.9. The first kappa shape index (κ1) is 17.1. The monoisotopic (exact) mass is 310 g/mol. The van der Waals surface area contributed by atoms with Gasteiger partial charge in [-0.1, -0.05) is 6.42 Å². The summed E-state index contributed by atoms with van der Waals surface area (Å²) in [6.07, 6.45) is 5.02. The molecule has 0 aromatic carbocycles. The molecular weight excluding hydrogens is 280 g/mol. The molecule has 2 aliphatic rings. The van der Waals surface area contributed by atoms with Crippen LogP contribution in [0.15, 0.2) is 11.3 Å². The summed E-state index contributed by atoms with van der Waals surface area (Å²) >= 11 is 0. The van der Waals surface area contributed by atoms with Gasteiger partial charge in [0.2, 0.25) is 0 Å². The van der Waals surface area contributed by atoms with E-state index in [2.05, 4.69) is 4.90 Å². The summed E-state index contributed by atoms with van der Waals surface area (Å²) in [4.78, 5) is 16.1. The standard InChI is InChI=1S/C17H30N2O3/c1-17(2,3)22-16(21)19-11-7-14(8-12-19)15(20)13-18-9-5-4-6-10-18/h20H,4-13H2,1-3H3. The smallest absolute Gasteiger partial charge is 0.410 e. The van der Waals surface area contributed by atoms with Crippen molar-refractivity contribution in [1.29, 1.82) is 0 Å². The van der Waals surface area contributed by atoms with Crippen molar-refractivity contribution in [1.82, 2.24) is 9.80 Å². The Labute approximate surface area is 133 Å². The Kier molecular flexibility index (Phi) is 5.73. The number of amides is 1. The van der Waals surface area contributed by atoms with Crippen molar-refractivity contribution in [3.63, 3.8) is 0 Å². The van der Waals surface area contributed by atoms with E-state index in [1.807, 2.05) is 20.8 Å². The number of carbonyl (C=O) groups excluding carboxylic acids is 1. The second kappa shape index (κ2) is 7.36. The first-order valence-corrected chi connectivity index (χ1v) is 8.45. The van der Waals surface area contributed by atoms with Crippen molar-refractivity contribution >= 4 is 6.09 Å². The zero-order valence-electron chi connectivity index (χ0n) is 14.2. The lowest BCUT2D eigenvalue weighted by Gasteiger charge is -2.32. The molecule has 0 aromatic heterocycles. The predicted octanol–water partition coefficient (Wildman–Crippen LogP) is 3.32. The third kappa shape index (κ3) is 5.20. The number of ether oxygens (including phenoxy) is 1. The summed E-state index contributed by atoms with van der Waals surface area (Å²) in [6, 6.07) is 0. The molecule has 2 heterocycles. The number of aliphatic hydroxyl groups is 1. The molecule has 126 valence electrons. The lowest BCUT2D eigenvalue weighted by atomic mass is 10.0. The Morgan fingerprint density at radius 1 is 1.09 bits per heavy atom. The first-order valence-electron chi connectivity index (χ1n) is 8.45. The Morgan fingerprint density at radius 3 is 2.23 bits per heavy atom. The van der Waals surface area contributed by atoms with Crippen molar-refractivity contribution in [2.45, 2.75) is 58.5 Å². The molecule has 0 radical (unpaired) electrons. The minimum Gasteiger partial charge on any atom is -0.511 e. The summed E-state index contributed by atoms with van der Waals surface area (Å²) in [6.45, 7) is 9.74. The number of hydrogen-bond acceptors (Lipinski definition) is 4. The fraction of sp³-hybridized carbons (Fsp3) is 0.824. The number of piperidine rings is 2. The number of carbonyl (C=O) groups is 1. The van der Waals surface area contributed by atoms with E-state index < -0.39 is 5.60 Å². The highest BCUT2D eigenvalue weighted by Gasteiger charge is 2.26. The van der Waals surface area contributed by atoms with Crippen LogP contribution in [0.3, 0.4) is 0 Å². The summed E-state index contributed by atoms with van der Waals surface area (Å²) < 4.78 is 5.39. The van der Waals surface area contributed by atoms with Crippen LogP contribution in [0.1, 0.15) is 52.9 Å². The Morgan fingerprint density at radius 2 is 1.68 bits per heavy atom.